The molecule has 172 valence electrons. The Bertz CT molecular complexity index is 1020. The number of carboxylic acid groups (broad SMARTS) is 1. The minimum absolute atomic E-state index is 0.0414. The van der Waals surface area contributed by atoms with E-state index in [1.54, 1.807) is 6.92 Å². The van der Waals surface area contributed by atoms with Crippen molar-refractivity contribution >= 4 is 57.8 Å². The summed E-state index contributed by atoms with van der Waals surface area (Å²) in [7, 11) is 1.54. The summed E-state index contributed by atoms with van der Waals surface area (Å²) >= 11 is 2.25. The first kappa shape index (κ1) is 23.3. The van der Waals surface area contributed by atoms with Crippen LogP contribution in [0.1, 0.15) is 12.6 Å². The highest BCUT2D eigenvalue weighted by Crippen LogP contribution is 2.40. The summed E-state index contributed by atoms with van der Waals surface area (Å²) in [6, 6.07) is -1.04. The first-order valence-electron chi connectivity index (χ1n) is 9.21. The normalized spacial score (nSPS) is 20.4. The summed E-state index contributed by atoms with van der Waals surface area (Å²) in [6.07, 6.45) is -0.615. The van der Waals surface area contributed by atoms with Crippen molar-refractivity contribution in [3.8, 4) is 0 Å². The van der Waals surface area contributed by atoms with Crippen molar-refractivity contribution in [2.24, 2.45) is 5.16 Å². The van der Waals surface area contributed by atoms with Crippen LogP contribution in [0.2, 0.25) is 0 Å². The molecule has 0 aliphatic carbocycles. The second-order valence-corrected chi connectivity index (χ2v) is 8.70. The Labute approximate surface area is 189 Å². The molecular weight excluding hydrogens is 464 g/mol. The Morgan fingerprint density at radius 2 is 2.19 bits per heavy atom. The fourth-order valence-electron chi connectivity index (χ4n) is 3.00. The maximum atomic E-state index is 12.7. The topological polar surface area (TPSA) is 188 Å². The molecule has 1 fully saturated rings. The minimum Gasteiger partial charge on any atom is -0.477 e. The smallest absolute Gasteiger partial charge is 0.409 e. The summed E-state index contributed by atoms with van der Waals surface area (Å²) in [5, 5.41) is 25.1. The Balaban J connectivity index is 1.72. The van der Waals surface area contributed by atoms with Gasteiger partial charge in [0.2, 0.25) is 0 Å². The number of nitrogen functional groups attached to an aromatic ring is 1. The molecule has 2 aliphatic rings. The van der Waals surface area contributed by atoms with Crippen molar-refractivity contribution in [3.63, 3.8) is 0 Å². The molecule has 0 radical (unpaired) electrons. The lowest BCUT2D eigenvalue weighted by Gasteiger charge is -2.49. The van der Waals surface area contributed by atoms with Crippen molar-refractivity contribution in [1.82, 2.24) is 20.1 Å². The van der Waals surface area contributed by atoms with Gasteiger partial charge in [0.25, 0.3) is 11.8 Å². The van der Waals surface area contributed by atoms with Crippen LogP contribution < -0.4 is 11.1 Å². The lowest BCUT2D eigenvalue weighted by Crippen LogP contribution is -2.71. The van der Waals surface area contributed by atoms with E-state index in [0.717, 1.165) is 16.2 Å². The van der Waals surface area contributed by atoms with Gasteiger partial charge in [0.1, 0.15) is 29.4 Å². The van der Waals surface area contributed by atoms with E-state index in [2.05, 4.69) is 15.5 Å². The number of hydrogen-bond acceptors (Lipinski definition) is 11. The van der Waals surface area contributed by atoms with E-state index in [1.165, 1.54) is 29.1 Å². The Morgan fingerprint density at radius 1 is 1.47 bits per heavy atom. The maximum absolute atomic E-state index is 12.7. The number of carboxylic acids is 1. The number of oxime groups is 1. The lowest BCUT2D eigenvalue weighted by atomic mass is 10.0. The zero-order valence-corrected chi connectivity index (χ0v) is 18.6. The molecule has 2 atom stereocenters. The van der Waals surface area contributed by atoms with Gasteiger partial charge in [-0.05, 0) is 6.92 Å². The Kier molecular flexibility index (Phi) is 6.88. The Hall–Kier alpha value is -3.33. The van der Waals surface area contributed by atoms with Crippen molar-refractivity contribution in [2.45, 2.75) is 18.3 Å². The SMILES string of the molecule is CCN(C)C(=O)OCC1=C(C(=O)O)N2C(=O)[C@@H](NC(=O)/C(=N\O)c3csc(N)n3)[C@H]2SC1. The third-order valence-corrected chi connectivity index (χ3v) is 6.79. The molecule has 0 unspecified atom stereocenters. The molecule has 0 aromatic carbocycles. The second-order valence-electron chi connectivity index (χ2n) is 6.71. The number of rotatable bonds is 7. The van der Waals surface area contributed by atoms with Crippen molar-refractivity contribution < 1.29 is 34.2 Å². The van der Waals surface area contributed by atoms with Gasteiger partial charge in [-0.25, -0.2) is 14.6 Å². The number of aromatic nitrogens is 1. The molecular formula is C17H20N6O7S2. The van der Waals surface area contributed by atoms with Crippen LogP contribution in [0.15, 0.2) is 21.8 Å². The van der Waals surface area contributed by atoms with E-state index in [0.29, 0.717) is 6.54 Å². The second kappa shape index (κ2) is 9.44. The number of hydrogen-bond donors (Lipinski definition) is 4. The third kappa shape index (κ3) is 4.34. The number of anilines is 1. The highest BCUT2D eigenvalue weighted by molar-refractivity contribution is 8.00. The van der Waals surface area contributed by atoms with E-state index < -0.39 is 41.0 Å². The summed E-state index contributed by atoms with van der Waals surface area (Å²) < 4.78 is 5.13. The highest BCUT2D eigenvalue weighted by atomic mass is 32.2. The maximum Gasteiger partial charge on any atom is 0.409 e. The van der Waals surface area contributed by atoms with Crippen LogP contribution in [0, 0.1) is 0 Å². The number of amides is 3. The number of thiazole rings is 1. The van der Waals surface area contributed by atoms with Crippen LogP contribution >= 0.6 is 23.1 Å². The summed E-state index contributed by atoms with van der Waals surface area (Å²) in [6.45, 7) is 1.89. The molecule has 1 aromatic rings. The molecule has 15 heteroatoms. The summed E-state index contributed by atoms with van der Waals surface area (Å²) in [5.74, 6) is -2.69. The number of nitrogens with two attached hydrogens (primary N) is 1. The quantitative estimate of drug-likeness (QED) is 0.174. The monoisotopic (exact) mass is 484 g/mol. The van der Waals surface area contributed by atoms with Crippen molar-refractivity contribution in [1.29, 1.82) is 0 Å². The zero-order chi connectivity index (χ0) is 23.6. The molecule has 13 nitrogen and oxygen atoms in total. The first-order valence-corrected chi connectivity index (χ1v) is 11.1. The van der Waals surface area contributed by atoms with E-state index in [1.807, 2.05) is 0 Å². The van der Waals surface area contributed by atoms with Crippen LogP contribution in [0.5, 0.6) is 0 Å². The van der Waals surface area contributed by atoms with Gasteiger partial charge in [-0.2, -0.15) is 0 Å². The van der Waals surface area contributed by atoms with Gasteiger partial charge in [-0.3, -0.25) is 14.5 Å². The molecule has 1 aromatic heterocycles. The van der Waals surface area contributed by atoms with Crippen molar-refractivity contribution in [3.05, 3.63) is 22.3 Å². The van der Waals surface area contributed by atoms with Crippen LogP contribution in [0.25, 0.3) is 0 Å². The van der Waals surface area contributed by atoms with Gasteiger partial charge in [0, 0.05) is 30.3 Å². The molecule has 5 N–H and O–H groups in total. The van der Waals surface area contributed by atoms with Gasteiger partial charge in [-0.1, -0.05) is 5.16 Å². The fraction of sp³-hybridized carbons (Fsp3) is 0.412. The molecule has 3 amide bonds. The minimum atomic E-state index is -1.35. The molecule has 0 saturated carbocycles. The number of β-lactam (4-membered cyclic amide) rings is 1. The number of nitrogens with one attached hydrogen (secondary N) is 1. The molecule has 0 bridgehead atoms. The van der Waals surface area contributed by atoms with Crippen LogP contribution in [0.3, 0.4) is 0 Å². The number of aliphatic carboxylic acids is 1. The van der Waals surface area contributed by atoms with Crippen LogP contribution in [0.4, 0.5) is 9.93 Å². The number of carbonyl (C=O) groups excluding carboxylic acids is 3. The van der Waals surface area contributed by atoms with Gasteiger partial charge in [-0.15, -0.1) is 23.1 Å². The van der Waals surface area contributed by atoms with E-state index in [9.17, 15) is 29.5 Å². The fourth-order valence-corrected chi connectivity index (χ4v) is 4.88. The third-order valence-electron chi connectivity index (χ3n) is 4.77. The van der Waals surface area contributed by atoms with Gasteiger partial charge < -0.3 is 31.0 Å². The zero-order valence-electron chi connectivity index (χ0n) is 17.0. The summed E-state index contributed by atoms with van der Waals surface area (Å²) in [4.78, 5) is 55.1. The molecule has 32 heavy (non-hydrogen) atoms. The predicted molar refractivity (Wildman–Crippen MR) is 114 cm³/mol. The van der Waals surface area contributed by atoms with Crippen LogP contribution in [-0.4, -0.2) is 92.1 Å². The predicted octanol–water partition coefficient (Wildman–Crippen LogP) is -0.269. The van der Waals surface area contributed by atoms with Gasteiger partial charge >= 0.3 is 12.1 Å². The number of ether oxygens (including phenoxy) is 1. The lowest BCUT2D eigenvalue weighted by molar-refractivity contribution is -0.150. The average molecular weight is 485 g/mol. The number of carbonyl (C=O) groups is 4. The summed E-state index contributed by atoms with van der Waals surface area (Å²) in [5.41, 5.74) is 5.13. The van der Waals surface area contributed by atoms with E-state index in [4.69, 9.17) is 10.5 Å². The van der Waals surface area contributed by atoms with E-state index in [-0.39, 0.29) is 34.5 Å². The molecule has 3 rings (SSSR count). The molecule has 2 aliphatic heterocycles. The Morgan fingerprint density at radius 3 is 2.75 bits per heavy atom. The van der Waals surface area contributed by atoms with Gasteiger partial charge in [0.15, 0.2) is 10.8 Å². The van der Waals surface area contributed by atoms with Crippen molar-refractivity contribution in [2.75, 3.05) is 31.7 Å². The average Bonchev–Trinajstić information content (AvgIpc) is 3.20. The molecule has 3 heterocycles. The number of thioether (sulfide) groups is 1. The van der Waals surface area contributed by atoms with Gasteiger partial charge in [0.05, 0.1) is 0 Å². The number of fused-ring (bicyclic) bond motifs is 1. The highest BCUT2D eigenvalue weighted by Gasteiger charge is 2.54. The molecule has 0 spiro atoms. The number of nitrogens with zero attached hydrogens (tertiary/aromatic N) is 4. The van der Waals surface area contributed by atoms with E-state index >= 15 is 0 Å². The largest absolute Gasteiger partial charge is 0.477 e. The first-order chi connectivity index (χ1) is 15.2. The molecule has 1 saturated heterocycles. The standard InChI is InChI=1S/C17H20N6O7S2/c1-3-22(2)17(28)30-4-7-5-31-14-10(13(25)23(14)11(7)15(26)27)20-12(24)9(21-29)8-6-32-16(18)19-8/h6,10,14,29H,3-5H2,1-2H3,(H2,18,19)(H,20,24)(H,26,27)/b21-9-/t10-,14-/m1/s1. The van der Waals surface area contributed by atoms with Crippen LogP contribution in [-0.2, 0) is 19.1 Å².